The lowest BCUT2D eigenvalue weighted by Crippen LogP contribution is -2.41. The van der Waals surface area contributed by atoms with Crippen LogP contribution in [0.25, 0.3) is 0 Å². The van der Waals surface area contributed by atoms with Gasteiger partial charge < -0.3 is 19.7 Å². The smallest absolute Gasteiger partial charge is 0.225 e. The quantitative estimate of drug-likeness (QED) is 0.398. The zero-order valence-electron chi connectivity index (χ0n) is 23.3. The maximum Gasteiger partial charge on any atom is 0.225 e. The van der Waals surface area contributed by atoms with Gasteiger partial charge in [-0.1, -0.05) is 24.3 Å². The van der Waals surface area contributed by atoms with Crippen LogP contribution in [-0.4, -0.2) is 56.6 Å². The van der Waals surface area contributed by atoms with Gasteiger partial charge in [-0.2, -0.15) is 0 Å². The SMILES string of the molecule is Cc1nnnn1CCC(=O)N1CCc2cc3ccc2C1c1cccc(c1)OCCCNC(=O)Cc1ccc(F)c(c1)O3. The number of ether oxygens (including phenoxy) is 2. The van der Waals surface area contributed by atoms with Gasteiger partial charge in [0.1, 0.15) is 17.3 Å². The summed E-state index contributed by atoms with van der Waals surface area (Å²) in [5.41, 5.74) is 3.55. The Balaban J connectivity index is 1.36. The van der Waals surface area contributed by atoms with Gasteiger partial charge in [0, 0.05) is 19.5 Å². The Kier molecular flexibility index (Phi) is 7.81. The number of amides is 2. The maximum atomic E-state index is 14.7. The van der Waals surface area contributed by atoms with Crippen LogP contribution >= 0.6 is 0 Å². The van der Waals surface area contributed by atoms with Gasteiger partial charge in [-0.05, 0) is 88.8 Å². The molecule has 3 aliphatic heterocycles. The van der Waals surface area contributed by atoms with Gasteiger partial charge >= 0.3 is 0 Å². The van der Waals surface area contributed by atoms with Crippen molar-refractivity contribution in [1.82, 2.24) is 30.4 Å². The molecule has 3 aromatic carbocycles. The highest BCUT2D eigenvalue weighted by atomic mass is 19.1. The molecule has 0 aliphatic carbocycles. The Hall–Kier alpha value is -4.80. The number of aromatic nitrogens is 4. The van der Waals surface area contributed by atoms with Crippen LogP contribution in [0, 0.1) is 12.7 Å². The Morgan fingerprint density at radius 1 is 1.12 bits per heavy atom. The fraction of sp³-hybridized carbons (Fsp3) is 0.323. The third-order valence-electron chi connectivity index (χ3n) is 7.59. The van der Waals surface area contributed by atoms with Crippen LogP contribution in [0.1, 0.15) is 47.0 Å². The molecule has 0 fully saturated rings. The highest BCUT2D eigenvalue weighted by Gasteiger charge is 2.32. The number of hydrogen-bond acceptors (Lipinski definition) is 7. The minimum Gasteiger partial charge on any atom is -0.494 e. The predicted octanol–water partition coefficient (Wildman–Crippen LogP) is 3.92. The number of nitrogens with zero attached hydrogens (tertiary/aromatic N) is 5. The van der Waals surface area contributed by atoms with Gasteiger partial charge in [0.25, 0.3) is 0 Å². The molecule has 0 saturated carbocycles. The number of tetrazole rings is 1. The Bertz CT molecular complexity index is 1620. The van der Waals surface area contributed by atoms with Crippen molar-refractivity contribution in [2.75, 3.05) is 19.7 Å². The van der Waals surface area contributed by atoms with Crippen molar-refractivity contribution in [2.45, 2.75) is 45.2 Å². The molecule has 2 amide bonds. The van der Waals surface area contributed by atoms with Gasteiger partial charge in [0.2, 0.25) is 11.8 Å². The number of carbonyl (C=O) groups is 2. The summed E-state index contributed by atoms with van der Waals surface area (Å²) < 4.78 is 28.3. The van der Waals surface area contributed by atoms with Gasteiger partial charge in [-0.15, -0.1) is 5.10 Å². The van der Waals surface area contributed by atoms with E-state index in [0.29, 0.717) is 62.0 Å². The van der Waals surface area contributed by atoms with Gasteiger partial charge in [-0.3, -0.25) is 9.59 Å². The summed E-state index contributed by atoms with van der Waals surface area (Å²) in [6.07, 6.45) is 1.58. The van der Waals surface area contributed by atoms with Gasteiger partial charge in [0.15, 0.2) is 11.6 Å². The van der Waals surface area contributed by atoms with Crippen molar-refractivity contribution >= 4 is 11.8 Å². The number of rotatable bonds is 3. The third-order valence-corrected chi connectivity index (χ3v) is 7.59. The predicted molar refractivity (Wildman–Crippen MR) is 151 cm³/mol. The van der Waals surface area contributed by atoms with Crippen LogP contribution in [0.3, 0.4) is 0 Å². The highest BCUT2D eigenvalue weighted by molar-refractivity contribution is 5.79. The first-order valence-corrected chi connectivity index (χ1v) is 14.1. The molecule has 10 nitrogen and oxygen atoms in total. The van der Waals surface area contributed by atoms with E-state index < -0.39 is 5.82 Å². The average Bonchev–Trinajstić information content (AvgIpc) is 3.40. The molecule has 216 valence electrons. The van der Waals surface area contributed by atoms with E-state index in [4.69, 9.17) is 9.47 Å². The lowest BCUT2D eigenvalue weighted by atomic mass is 9.87. The number of fused-ring (bicyclic) bond motifs is 7. The Morgan fingerprint density at radius 2 is 2.02 bits per heavy atom. The first kappa shape index (κ1) is 27.4. The van der Waals surface area contributed by atoms with Crippen molar-refractivity contribution in [1.29, 1.82) is 0 Å². The third kappa shape index (κ3) is 5.95. The second kappa shape index (κ2) is 12.0. The summed E-state index contributed by atoms with van der Waals surface area (Å²) in [4.78, 5) is 28.0. The Morgan fingerprint density at radius 3 is 2.88 bits per heavy atom. The lowest BCUT2D eigenvalue weighted by molar-refractivity contribution is -0.133. The number of carbonyl (C=O) groups excluding carboxylic acids is 2. The first-order valence-electron chi connectivity index (χ1n) is 14.1. The molecule has 1 unspecified atom stereocenters. The molecular weight excluding hydrogens is 539 g/mol. The summed E-state index contributed by atoms with van der Waals surface area (Å²) in [5.74, 6) is 1.19. The standard InChI is InChI=1S/C31H31FN6O4/c1-20-34-35-36-38(20)14-11-30(40)37-13-10-22-18-25-7-8-26(22)31(37)23-4-2-5-24(19-23)41-15-3-12-33-29(39)17-21-6-9-27(32)28(16-21)42-25/h2,4-9,16,18-19,31H,3,10-15,17H2,1H3,(H,33,39). The monoisotopic (exact) mass is 570 g/mol. The van der Waals surface area contributed by atoms with E-state index in [2.05, 4.69) is 20.8 Å². The fourth-order valence-corrected chi connectivity index (χ4v) is 5.47. The summed E-state index contributed by atoms with van der Waals surface area (Å²) in [6.45, 7) is 3.54. The zero-order chi connectivity index (χ0) is 29.1. The second-order valence-electron chi connectivity index (χ2n) is 10.5. The van der Waals surface area contributed by atoms with Crippen molar-refractivity contribution in [3.8, 4) is 17.2 Å². The van der Waals surface area contributed by atoms with Gasteiger partial charge in [-0.25, -0.2) is 9.07 Å². The minimum atomic E-state index is -0.510. The van der Waals surface area contributed by atoms with Crippen molar-refractivity contribution in [3.63, 3.8) is 0 Å². The molecule has 1 N–H and O–H groups in total. The summed E-state index contributed by atoms with van der Waals surface area (Å²) in [5, 5.41) is 14.4. The number of aryl methyl sites for hydroxylation is 2. The molecule has 8 bridgehead atoms. The van der Waals surface area contributed by atoms with Crippen LogP contribution in [0.15, 0.2) is 60.7 Å². The molecule has 42 heavy (non-hydrogen) atoms. The molecule has 0 spiro atoms. The van der Waals surface area contributed by atoms with Crippen molar-refractivity contribution < 1.29 is 23.5 Å². The molecule has 0 saturated heterocycles. The number of benzene rings is 3. The minimum absolute atomic E-state index is 0.0137. The summed E-state index contributed by atoms with van der Waals surface area (Å²) >= 11 is 0. The number of halogens is 1. The van der Waals surface area contributed by atoms with Crippen LogP contribution in [-0.2, 0) is 29.0 Å². The molecule has 0 radical (unpaired) electrons. The molecule has 11 heteroatoms. The van der Waals surface area contributed by atoms with E-state index in [1.165, 1.54) is 6.07 Å². The molecular formula is C31H31FN6O4. The van der Waals surface area contributed by atoms with E-state index in [1.807, 2.05) is 41.3 Å². The van der Waals surface area contributed by atoms with E-state index in [-0.39, 0.29) is 36.4 Å². The van der Waals surface area contributed by atoms with Crippen LogP contribution in [0.2, 0.25) is 0 Å². The molecule has 4 heterocycles. The van der Waals surface area contributed by atoms with E-state index in [9.17, 15) is 14.0 Å². The molecule has 3 aliphatic rings. The van der Waals surface area contributed by atoms with Gasteiger partial charge in [0.05, 0.1) is 25.6 Å². The van der Waals surface area contributed by atoms with Crippen LogP contribution < -0.4 is 14.8 Å². The van der Waals surface area contributed by atoms with E-state index >= 15 is 0 Å². The van der Waals surface area contributed by atoms with Crippen molar-refractivity contribution in [3.05, 3.63) is 94.6 Å². The van der Waals surface area contributed by atoms with Crippen LogP contribution in [0.4, 0.5) is 4.39 Å². The molecule has 4 aromatic rings. The number of nitrogens with one attached hydrogen (secondary N) is 1. The Labute approximate surface area is 242 Å². The lowest BCUT2D eigenvalue weighted by Gasteiger charge is -2.38. The summed E-state index contributed by atoms with van der Waals surface area (Å²) in [6, 6.07) is 17.5. The first-order chi connectivity index (χ1) is 20.4. The fourth-order valence-electron chi connectivity index (χ4n) is 5.47. The highest BCUT2D eigenvalue weighted by Crippen LogP contribution is 2.39. The zero-order valence-corrected chi connectivity index (χ0v) is 23.3. The van der Waals surface area contributed by atoms with E-state index in [1.54, 1.807) is 29.8 Å². The second-order valence-corrected chi connectivity index (χ2v) is 10.5. The van der Waals surface area contributed by atoms with Crippen molar-refractivity contribution in [2.24, 2.45) is 0 Å². The molecule has 1 atom stereocenters. The summed E-state index contributed by atoms with van der Waals surface area (Å²) in [7, 11) is 0. The largest absolute Gasteiger partial charge is 0.494 e. The number of hydrogen-bond donors (Lipinski definition) is 1. The normalized spacial score (nSPS) is 16.9. The maximum absolute atomic E-state index is 14.7. The van der Waals surface area contributed by atoms with Crippen LogP contribution in [0.5, 0.6) is 17.2 Å². The molecule has 1 aromatic heterocycles. The van der Waals surface area contributed by atoms with E-state index in [0.717, 1.165) is 16.7 Å². The topological polar surface area (TPSA) is 111 Å². The molecule has 7 rings (SSSR count). The average molecular weight is 571 g/mol.